The largest absolute Gasteiger partial charge is 0.411 e. The van der Waals surface area contributed by atoms with Gasteiger partial charge in [-0.25, -0.2) is 0 Å². The normalized spacial score (nSPS) is 11.9. The Labute approximate surface area is 111 Å². The summed E-state index contributed by atoms with van der Waals surface area (Å²) in [5, 5.41) is 2.82. The van der Waals surface area contributed by atoms with E-state index in [4.69, 9.17) is 0 Å². The van der Waals surface area contributed by atoms with Crippen LogP contribution in [0.15, 0.2) is 29.6 Å². The molecule has 1 aromatic heterocycles. The first-order chi connectivity index (χ1) is 8.96. The zero-order valence-corrected chi connectivity index (χ0v) is 10.7. The van der Waals surface area contributed by atoms with Crippen LogP contribution in [0.25, 0.3) is 10.1 Å². The van der Waals surface area contributed by atoms with Gasteiger partial charge in [-0.3, -0.25) is 4.79 Å². The summed E-state index contributed by atoms with van der Waals surface area (Å²) < 4.78 is 41.0. The molecule has 6 heteroatoms. The molecule has 0 radical (unpaired) electrons. The molecule has 2 nitrogen and oxygen atoms in total. The summed E-state index contributed by atoms with van der Waals surface area (Å²) in [4.78, 5) is 11.6. The highest BCUT2D eigenvalue weighted by atomic mass is 32.1. The van der Waals surface area contributed by atoms with Crippen molar-refractivity contribution in [3.8, 4) is 0 Å². The molecule has 0 atom stereocenters. The topological polar surface area (TPSA) is 26.3 Å². The number of carbonyl (C=O) groups excluding carboxylic acids is 1. The molecular formula is C13H11F3O2S. The number of halogens is 3. The number of carbonyl (C=O) groups is 1. The SMILES string of the molecule is O=C(COCC(F)(F)F)Cc1csc2ccccc12. The molecule has 0 bridgehead atoms. The Morgan fingerprint density at radius 1 is 1.26 bits per heavy atom. The van der Waals surface area contributed by atoms with E-state index in [9.17, 15) is 18.0 Å². The van der Waals surface area contributed by atoms with Gasteiger partial charge in [-0.05, 0) is 22.4 Å². The van der Waals surface area contributed by atoms with E-state index in [2.05, 4.69) is 4.74 Å². The molecule has 0 aliphatic carbocycles. The predicted octanol–water partition coefficient (Wildman–Crippen LogP) is 3.59. The van der Waals surface area contributed by atoms with E-state index in [1.807, 2.05) is 29.6 Å². The zero-order valence-electron chi connectivity index (χ0n) is 9.87. The molecule has 0 fully saturated rings. The smallest absolute Gasteiger partial charge is 0.364 e. The standard InChI is InChI=1S/C13H11F3O2S/c14-13(15,16)8-18-6-10(17)5-9-7-19-12-4-2-1-3-11(9)12/h1-4,7H,5-6,8H2. The van der Waals surface area contributed by atoms with Crippen molar-refractivity contribution in [3.05, 3.63) is 35.2 Å². The van der Waals surface area contributed by atoms with Crippen molar-refractivity contribution in [1.29, 1.82) is 0 Å². The van der Waals surface area contributed by atoms with Crippen molar-refractivity contribution in [2.24, 2.45) is 0 Å². The molecule has 19 heavy (non-hydrogen) atoms. The van der Waals surface area contributed by atoms with Crippen LogP contribution in [0.1, 0.15) is 5.56 Å². The summed E-state index contributed by atoms with van der Waals surface area (Å²) in [7, 11) is 0. The van der Waals surface area contributed by atoms with Gasteiger partial charge in [-0.1, -0.05) is 18.2 Å². The second kappa shape index (κ2) is 5.71. The van der Waals surface area contributed by atoms with Crippen LogP contribution < -0.4 is 0 Å². The second-order valence-corrected chi connectivity index (χ2v) is 4.99. The summed E-state index contributed by atoms with van der Waals surface area (Å²) in [5.74, 6) is -0.354. The van der Waals surface area contributed by atoms with Gasteiger partial charge in [0.2, 0.25) is 0 Å². The monoisotopic (exact) mass is 288 g/mol. The van der Waals surface area contributed by atoms with E-state index in [0.29, 0.717) is 0 Å². The number of hydrogen-bond donors (Lipinski definition) is 0. The maximum atomic E-state index is 11.9. The number of Topliss-reactive ketones (excluding diaryl/α,β-unsaturated/α-hetero) is 1. The first kappa shape index (κ1) is 14.0. The van der Waals surface area contributed by atoms with E-state index in [1.54, 1.807) is 0 Å². The van der Waals surface area contributed by atoms with E-state index in [1.165, 1.54) is 11.3 Å². The molecule has 0 saturated carbocycles. The van der Waals surface area contributed by atoms with Gasteiger partial charge in [0.05, 0.1) is 0 Å². The Hall–Kier alpha value is -1.40. The summed E-state index contributed by atoms with van der Waals surface area (Å²) in [6, 6.07) is 7.60. The molecule has 1 aromatic carbocycles. The van der Waals surface area contributed by atoms with Crippen molar-refractivity contribution in [2.75, 3.05) is 13.2 Å². The predicted molar refractivity (Wildman–Crippen MR) is 67.4 cm³/mol. The quantitative estimate of drug-likeness (QED) is 0.840. The van der Waals surface area contributed by atoms with Gasteiger partial charge in [0.25, 0.3) is 0 Å². The number of benzene rings is 1. The minimum absolute atomic E-state index is 0.0991. The fourth-order valence-electron chi connectivity index (χ4n) is 1.71. The van der Waals surface area contributed by atoms with Crippen LogP contribution in [-0.2, 0) is 16.0 Å². The van der Waals surface area contributed by atoms with Gasteiger partial charge in [0.1, 0.15) is 13.2 Å². The molecule has 0 amide bonds. The minimum Gasteiger partial charge on any atom is -0.364 e. The van der Waals surface area contributed by atoms with Crippen molar-refractivity contribution >= 4 is 27.2 Å². The molecule has 2 aromatic rings. The maximum absolute atomic E-state index is 11.9. The Bertz CT molecular complexity index is 575. The lowest BCUT2D eigenvalue weighted by atomic mass is 10.1. The van der Waals surface area contributed by atoms with Crippen LogP contribution in [0.3, 0.4) is 0 Å². The Morgan fingerprint density at radius 2 is 2.00 bits per heavy atom. The third kappa shape index (κ3) is 4.04. The van der Waals surface area contributed by atoms with Crippen molar-refractivity contribution in [1.82, 2.24) is 0 Å². The summed E-state index contributed by atoms with van der Waals surface area (Å²) in [5.41, 5.74) is 0.834. The Kier molecular flexibility index (Phi) is 4.21. The van der Waals surface area contributed by atoms with Crippen molar-refractivity contribution in [2.45, 2.75) is 12.6 Å². The Morgan fingerprint density at radius 3 is 2.74 bits per heavy atom. The van der Waals surface area contributed by atoms with Gasteiger partial charge in [-0.15, -0.1) is 11.3 Å². The molecule has 0 aliphatic rings. The Balaban J connectivity index is 1.92. The van der Waals surface area contributed by atoms with Crippen molar-refractivity contribution < 1.29 is 22.7 Å². The van der Waals surface area contributed by atoms with Gasteiger partial charge in [-0.2, -0.15) is 13.2 Å². The molecule has 0 N–H and O–H groups in total. The molecule has 1 heterocycles. The molecule has 102 valence electrons. The third-order valence-corrected chi connectivity index (χ3v) is 3.49. The fourth-order valence-corrected chi connectivity index (χ4v) is 2.68. The lowest BCUT2D eigenvalue weighted by Crippen LogP contribution is -2.21. The van der Waals surface area contributed by atoms with Crippen LogP contribution in [0.5, 0.6) is 0 Å². The number of ketones is 1. The van der Waals surface area contributed by atoms with Crippen LogP contribution >= 0.6 is 11.3 Å². The zero-order chi connectivity index (χ0) is 13.9. The average molecular weight is 288 g/mol. The first-order valence-corrected chi connectivity index (χ1v) is 6.45. The number of ether oxygens (including phenoxy) is 1. The highest BCUT2D eigenvalue weighted by Gasteiger charge is 2.27. The fraction of sp³-hybridized carbons (Fsp3) is 0.308. The number of rotatable bonds is 5. The summed E-state index contributed by atoms with van der Waals surface area (Å²) in [6.45, 7) is -1.90. The first-order valence-electron chi connectivity index (χ1n) is 5.57. The van der Waals surface area contributed by atoms with E-state index < -0.39 is 19.4 Å². The van der Waals surface area contributed by atoms with Gasteiger partial charge in [0.15, 0.2) is 5.78 Å². The van der Waals surface area contributed by atoms with Gasteiger partial charge >= 0.3 is 6.18 Å². The molecule has 0 saturated heterocycles. The van der Waals surface area contributed by atoms with Gasteiger partial charge < -0.3 is 4.74 Å². The van der Waals surface area contributed by atoms with Crippen LogP contribution in [0.4, 0.5) is 13.2 Å². The number of fused-ring (bicyclic) bond motifs is 1. The van der Waals surface area contributed by atoms with Crippen molar-refractivity contribution in [3.63, 3.8) is 0 Å². The molecule has 0 aliphatic heterocycles. The number of hydrogen-bond acceptors (Lipinski definition) is 3. The second-order valence-electron chi connectivity index (χ2n) is 4.08. The maximum Gasteiger partial charge on any atom is 0.411 e. The van der Waals surface area contributed by atoms with Gasteiger partial charge in [0, 0.05) is 11.1 Å². The van der Waals surface area contributed by atoms with Crippen LogP contribution in [-0.4, -0.2) is 25.2 Å². The third-order valence-electron chi connectivity index (χ3n) is 2.48. The lowest BCUT2D eigenvalue weighted by Gasteiger charge is -2.06. The van der Waals surface area contributed by atoms with E-state index in [-0.39, 0.29) is 12.2 Å². The number of thiophene rings is 1. The lowest BCUT2D eigenvalue weighted by molar-refractivity contribution is -0.175. The highest BCUT2D eigenvalue weighted by molar-refractivity contribution is 7.17. The molecule has 2 rings (SSSR count). The van der Waals surface area contributed by atoms with E-state index in [0.717, 1.165) is 15.6 Å². The summed E-state index contributed by atoms with van der Waals surface area (Å²) >= 11 is 1.51. The van der Waals surface area contributed by atoms with Crippen LogP contribution in [0.2, 0.25) is 0 Å². The number of alkyl halides is 3. The molecular weight excluding hydrogens is 277 g/mol. The highest BCUT2D eigenvalue weighted by Crippen LogP contribution is 2.26. The average Bonchev–Trinajstić information content (AvgIpc) is 2.71. The molecule has 0 spiro atoms. The van der Waals surface area contributed by atoms with E-state index >= 15 is 0 Å². The van der Waals surface area contributed by atoms with Crippen LogP contribution in [0, 0.1) is 0 Å². The minimum atomic E-state index is -4.39. The summed E-state index contributed by atoms with van der Waals surface area (Å²) in [6.07, 6.45) is -4.29. The molecule has 0 unspecified atom stereocenters.